The smallest absolute Gasteiger partial charge is 0.0223 e. The van der Waals surface area contributed by atoms with Crippen molar-refractivity contribution in [2.75, 3.05) is 12.4 Å². The lowest BCUT2D eigenvalue weighted by atomic mass is 10.1. The van der Waals surface area contributed by atoms with Crippen LogP contribution in [0.25, 0.3) is 0 Å². The lowest BCUT2D eigenvalue weighted by Crippen LogP contribution is -1.97. The van der Waals surface area contributed by atoms with E-state index < -0.39 is 0 Å². The van der Waals surface area contributed by atoms with Gasteiger partial charge in [0, 0.05) is 5.88 Å². The van der Waals surface area contributed by atoms with E-state index in [0.29, 0.717) is 0 Å². The quantitative estimate of drug-likeness (QED) is 0.486. The largest absolute Gasteiger partial charge is 0.330 e. The van der Waals surface area contributed by atoms with E-state index in [1.165, 1.54) is 44.9 Å². The summed E-state index contributed by atoms with van der Waals surface area (Å²) in [6.07, 6.45) is 9.02. The van der Waals surface area contributed by atoms with Crippen LogP contribution in [0.2, 0.25) is 0 Å². The third kappa shape index (κ3) is 13.2. The molecule has 0 saturated carbocycles. The van der Waals surface area contributed by atoms with E-state index >= 15 is 0 Å². The maximum Gasteiger partial charge on any atom is 0.0223 e. The molecular formula is C9H21Cl2N. The van der Waals surface area contributed by atoms with Crippen molar-refractivity contribution < 1.29 is 0 Å². The van der Waals surface area contributed by atoms with Gasteiger partial charge in [0.05, 0.1) is 0 Å². The summed E-state index contributed by atoms with van der Waals surface area (Å²) in [5, 5.41) is 0. The van der Waals surface area contributed by atoms with Crippen molar-refractivity contribution >= 4 is 24.0 Å². The van der Waals surface area contributed by atoms with Gasteiger partial charge < -0.3 is 5.73 Å². The van der Waals surface area contributed by atoms with Crippen LogP contribution in [0.1, 0.15) is 44.9 Å². The van der Waals surface area contributed by atoms with Crippen LogP contribution in [0.15, 0.2) is 0 Å². The molecule has 12 heavy (non-hydrogen) atoms. The van der Waals surface area contributed by atoms with E-state index in [-0.39, 0.29) is 12.4 Å². The molecule has 0 aliphatic carbocycles. The number of rotatable bonds is 8. The molecule has 0 aliphatic heterocycles. The van der Waals surface area contributed by atoms with Crippen LogP contribution < -0.4 is 5.73 Å². The fourth-order valence-corrected chi connectivity index (χ4v) is 1.31. The average Bonchev–Trinajstić information content (AvgIpc) is 2.03. The van der Waals surface area contributed by atoms with Gasteiger partial charge in [-0.1, -0.05) is 32.1 Å². The molecule has 0 aromatic rings. The van der Waals surface area contributed by atoms with E-state index in [2.05, 4.69) is 0 Å². The lowest BCUT2D eigenvalue weighted by Gasteiger charge is -1.98. The van der Waals surface area contributed by atoms with Crippen LogP contribution in [0, 0.1) is 0 Å². The Balaban J connectivity index is 0. The molecule has 0 fully saturated rings. The summed E-state index contributed by atoms with van der Waals surface area (Å²) in [5.74, 6) is 0.822. The summed E-state index contributed by atoms with van der Waals surface area (Å²) in [6.45, 7) is 0.849. The third-order valence-electron chi connectivity index (χ3n) is 1.84. The molecule has 76 valence electrons. The number of hydrogen-bond acceptors (Lipinski definition) is 1. The number of halogens is 2. The first kappa shape index (κ1) is 15.0. The number of nitrogens with two attached hydrogens (primary N) is 1. The topological polar surface area (TPSA) is 26.0 Å². The second-order valence-electron chi connectivity index (χ2n) is 2.95. The van der Waals surface area contributed by atoms with Crippen LogP contribution in [0.5, 0.6) is 0 Å². The standard InChI is InChI=1S/C9H20ClN.ClH/c10-8-6-4-2-1-3-5-7-9-11;/h1-9,11H2;1H. The zero-order valence-electron chi connectivity index (χ0n) is 7.73. The maximum absolute atomic E-state index is 5.55. The molecule has 1 nitrogen and oxygen atoms in total. The highest BCUT2D eigenvalue weighted by molar-refractivity contribution is 6.17. The van der Waals surface area contributed by atoms with Gasteiger partial charge >= 0.3 is 0 Å². The van der Waals surface area contributed by atoms with Gasteiger partial charge in [0.15, 0.2) is 0 Å². The molecular weight excluding hydrogens is 193 g/mol. The molecule has 0 aliphatic rings. The zero-order chi connectivity index (χ0) is 8.36. The van der Waals surface area contributed by atoms with E-state index in [1.54, 1.807) is 0 Å². The molecule has 0 aromatic carbocycles. The predicted molar refractivity (Wildman–Crippen MR) is 59.3 cm³/mol. The minimum absolute atomic E-state index is 0. The Labute approximate surface area is 87.5 Å². The Bertz CT molecular complexity index is 61.5. The molecule has 0 atom stereocenters. The first-order valence-electron chi connectivity index (χ1n) is 4.68. The fourth-order valence-electron chi connectivity index (χ4n) is 1.12. The Morgan fingerprint density at radius 2 is 1.17 bits per heavy atom. The summed E-state index contributed by atoms with van der Waals surface area (Å²) in [7, 11) is 0. The molecule has 0 saturated heterocycles. The highest BCUT2D eigenvalue weighted by Crippen LogP contribution is 2.06. The van der Waals surface area contributed by atoms with E-state index in [9.17, 15) is 0 Å². The van der Waals surface area contributed by atoms with Crippen molar-refractivity contribution in [3.63, 3.8) is 0 Å². The van der Waals surface area contributed by atoms with Gasteiger partial charge in [0.1, 0.15) is 0 Å². The molecule has 0 radical (unpaired) electrons. The van der Waals surface area contributed by atoms with Crippen LogP contribution in [-0.4, -0.2) is 12.4 Å². The summed E-state index contributed by atoms with van der Waals surface area (Å²) in [4.78, 5) is 0. The highest BCUT2D eigenvalue weighted by atomic mass is 35.5. The monoisotopic (exact) mass is 213 g/mol. The average molecular weight is 214 g/mol. The predicted octanol–water partition coefficient (Wildman–Crippen LogP) is 3.34. The van der Waals surface area contributed by atoms with E-state index in [4.69, 9.17) is 17.3 Å². The van der Waals surface area contributed by atoms with Crippen LogP contribution in [0.4, 0.5) is 0 Å². The Morgan fingerprint density at radius 1 is 0.750 bits per heavy atom. The molecule has 0 heterocycles. The summed E-state index contributed by atoms with van der Waals surface area (Å²) in [6, 6.07) is 0. The van der Waals surface area contributed by atoms with Crippen LogP contribution >= 0.6 is 24.0 Å². The second kappa shape index (κ2) is 14.1. The van der Waals surface area contributed by atoms with Gasteiger partial charge in [-0.05, 0) is 19.4 Å². The minimum atomic E-state index is 0. The van der Waals surface area contributed by atoms with Gasteiger partial charge in [0.25, 0.3) is 0 Å². The van der Waals surface area contributed by atoms with Crippen molar-refractivity contribution in [1.82, 2.24) is 0 Å². The van der Waals surface area contributed by atoms with E-state index in [0.717, 1.165) is 12.4 Å². The van der Waals surface area contributed by atoms with Crippen molar-refractivity contribution in [2.24, 2.45) is 5.73 Å². The molecule has 0 amide bonds. The molecule has 2 N–H and O–H groups in total. The number of alkyl halides is 1. The number of unbranched alkanes of at least 4 members (excludes halogenated alkanes) is 6. The molecule has 0 aromatic heterocycles. The van der Waals surface area contributed by atoms with Gasteiger partial charge in [-0.25, -0.2) is 0 Å². The van der Waals surface area contributed by atoms with Crippen molar-refractivity contribution in [1.29, 1.82) is 0 Å². The SMILES string of the molecule is Cl.NCCCCCCCCCCl. The second-order valence-corrected chi connectivity index (χ2v) is 3.33. The molecule has 0 bridgehead atoms. The first-order valence-corrected chi connectivity index (χ1v) is 5.21. The van der Waals surface area contributed by atoms with Gasteiger partial charge in [-0.2, -0.15) is 0 Å². The zero-order valence-corrected chi connectivity index (χ0v) is 9.30. The van der Waals surface area contributed by atoms with Crippen LogP contribution in [-0.2, 0) is 0 Å². The van der Waals surface area contributed by atoms with Crippen molar-refractivity contribution in [2.45, 2.75) is 44.9 Å². The Hall–Kier alpha value is 0.540. The minimum Gasteiger partial charge on any atom is -0.330 e. The molecule has 0 rings (SSSR count). The van der Waals surface area contributed by atoms with Gasteiger partial charge in [0.2, 0.25) is 0 Å². The van der Waals surface area contributed by atoms with Gasteiger partial charge in [-0.3, -0.25) is 0 Å². The Kier molecular flexibility index (Phi) is 17.6. The summed E-state index contributed by atoms with van der Waals surface area (Å²) < 4.78 is 0. The fraction of sp³-hybridized carbons (Fsp3) is 1.00. The number of hydrogen-bond donors (Lipinski definition) is 1. The van der Waals surface area contributed by atoms with Gasteiger partial charge in [-0.15, -0.1) is 24.0 Å². The molecule has 0 spiro atoms. The normalized spacial score (nSPS) is 9.50. The maximum atomic E-state index is 5.55. The lowest BCUT2D eigenvalue weighted by molar-refractivity contribution is 0.594. The van der Waals surface area contributed by atoms with Crippen molar-refractivity contribution in [3.8, 4) is 0 Å². The van der Waals surface area contributed by atoms with Crippen LogP contribution in [0.3, 0.4) is 0 Å². The van der Waals surface area contributed by atoms with Crippen molar-refractivity contribution in [3.05, 3.63) is 0 Å². The molecule has 0 unspecified atom stereocenters. The third-order valence-corrected chi connectivity index (χ3v) is 2.11. The first-order chi connectivity index (χ1) is 5.41. The Morgan fingerprint density at radius 3 is 1.58 bits per heavy atom. The summed E-state index contributed by atoms with van der Waals surface area (Å²) >= 11 is 5.55. The summed E-state index contributed by atoms with van der Waals surface area (Å²) in [5.41, 5.74) is 5.37. The highest BCUT2D eigenvalue weighted by Gasteiger charge is 1.89. The molecule has 3 heteroatoms. The van der Waals surface area contributed by atoms with E-state index in [1.807, 2.05) is 0 Å².